The minimum absolute atomic E-state index is 0.533. The van der Waals surface area contributed by atoms with Crippen LogP contribution in [0.4, 0.5) is 0 Å². The van der Waals surface area contributed by atoms with Gasteiger partial charge in [-0.2, -0.15) is 0 Å². The van der Waals surface area contributed by atoms with E-state index in [0.717, 1.165) is 121 Å². The van der Waals surface area contributed by atoms with Crippen molar-refractivity contribution in [1.82, 2.24) is 24.1 Å². The zero-order valence-electron chi connectivity index (χ0n) is 38.2. The molecule has 15 aromatic rings. The van der Waals surface area contributed by atoms with Gasteiger partial charge in [0, 0.05) is 54.7 Å². The molecule has 0 radical (unpaired) electrons. The number of hydrogen-bond donors (Lipinski definition) is 0. The van der Waals surface area contributed by atoms with Crippen molar-refractivity contribution in [3.05, 3.63) is 237 Å². The summed E-state index contributed by atoms with van der Waals surface area (Å²) in [4.78, 5) is 16.6. The van der Waals surface area contributed by atoms with E-state index in [1.54, 1.807) is 0 Å². The van der Waals surface area contributed by atoms with Gasteiger partial charge in [0.1, 0.15) is 11.3 Å². The maximum absolute atomic E-state index is 7.21. The van der Waals surface area contributed by atoms with Gasteiger partial charge in [-0.05, 0) is 93.3 Å². The van der Waals surface area contributed by atoms with Crippen molar-refractivity contribution in [3.8, 4) is 56.7 Å². The maximum Gasteiger partial charge on any atom is 0.166 e. The average molecular weight is 906 g/mol. The molecule has 15 rings (SSSR count). The van der Waals surface area contributed by atoms with E-state index >= 15 is 0 Å². The molecule has 0 atom stereocenters. The highest BCUT2D eigenvalue weighted by atomic mass is 16.3. The van der Waals surface area contributed by atoms with Crippen molar-refractivity contribution >= 4 is 87.1 Å². The summed E-state index contributed by atoms with van der Waals surface area (Å²) >= 11 is 0. The molecule has 0 aliphatic rings. The third-order valence-electron chi connectivity index (χ3n) is 14.3. The first-order valence-corrected chi connectivity index (χ1v) is 24.0. The molecule has 0 fully saturated rings. The molecule has 0 saturated heterocycles. The highest BCUT2D eigenvalue weighted by Crippen LogP contribution is 2.46. The molecule has 0 saturated carbocycles. The first-order valence-electron chi connectivity index (χ1n) is 24.0. The lowest BCUT2D eigenvalue weighted by molar-refractivity contribution is 0.667. The van der Waals surface area contributed by atoms with Gasteiger partial charge in [0.05, 0.1) is 22.1 Å². The normalized spacial score (nSPS) is 11.9. The van der Waals surface area contributed by atoms with E-state index < -0.39 is 0 Å². The van der Waals surface area contributed by atoms with Crippen LogP contribution in [-0.4, -0.2) is 24.1 Å². The first-order chi connectivity index (χ1) is 35.2. The highest BCUT2D eigenvalue weighted by molar-refractivity contribution is 6.22. The molecule has 6 nitrogen and oxygen atoms in total. The van der Waals surface area contributed by atoms with Gasteiger partial charge in [-0.15, -0.1) is 0 Å². The Morgan fingerprint density at radius 3 is 1.68 bits per heavy atom. The van der Waals surface area contributed by atoms with E-state index in [9.17, 15) is 0 Å². The van der Waals surface area contributed by atoms with Crippen LogP contribution in [0.25, 0.3) is 144 Å². The number of furan rings is 1. The fourth-order valence-electron chi connectivity index (χ4n) is 11.1. The molecule has 0 unspecified atom stereocenters. The molecule has 6 heteroatoms. The second-order valence-electron chi connectivity index (χ2n) is 18.3. The molecule has 71 heavy (non-hydrogen) atoms. The molecule has 0 aliphatic carbocycles. The van der Waals surface area contributed by atoms with Crippen molar-refractivity contribution in [2.24, 2.45) is 0 Å². The number of nitrogens with zero attached hydrogens (tertiary/aromatic N) is 5. The average Bonchev–Trinajstić information content (AvgIpc) is 4.10. The number of benzene rings is 11. The standard InChI is InChI=1S/C65H39N5O/c1-3-16-40(17-4-1)41-30-32-43(33-31-41)63-66-64(52-27-15-26-50-48-24-11-13-28-55(48)69(60(50)52)46-21-5-2-6-22-46)68-65(67-63)53-36-35-51-59-47-23-10-9-18-42(47)34-37-58(59)71-62(51)61(53)70-56-29-14-12-25-49(56)54-38-44-19-7-8-20-45(44)39-57(54)70/h1-39H. The molecule has 0 N–H and O–H groups in total. The first kappa shape index (κ1) is 39.4. The topological polar surface area (TPSA) is 61.7 Å². The van der Waals surface area contributed by atoms with Gasteiger partial charge < -0.3 is 13.6 Å². The van der Waals surface area contributed by atoms with Crippen LogP contribution in [0.1, 0.15) is 0 Å². The van der Waals surface area contributed by atoms with Gasteiger partial charge in [-0.25, -0.2) is 15.0 Å². The molecular weight excluding hydrogens is 867 g/mol. The second-order valence-corrected chi connectivity index (χ2v) is 18.3. The van der Waals surface area contributed by atoms with Gasteiger partial charge >= 0.3 is 0 Å². The zero-order chi connectivity index (χ0) is 46.6. The van der Waals surface area contributed by atoms with E-state index in [-0.39, 0.29) is 0 Å². The third kappa shape index (κ3) is 6.05. The van der Waals surface area contributed by atoms with Crippen LogP contribution in [0.15, 0.2) is 241 Å². The van der Waals surface area contributed by atoms with E-state index in [2.05, 4.69) is 240 Å². The molecule has 11 aromatic carbocycles. The van der Waals surface area contributed by atoms with Gasteiger partial charge in [-0.3, -0.25) is 0 Å². The maximum atomic E-state index is 7.21. The van der Waals surface area contributed by atoms with Crippen LogP contribution < -0.4 is 0 Å². The van der Waals surface area contributed by atoms with E-state index in [0.29, 0.717) is 17.5 Å². The predicted octanol–water partition coefficient (Wildman–Crippen LogP) is 16.9. The number of aromatic nitrogens is 5. The highest BCUT2D eigenvalue weighted by Gasteiger charge is 2.26. The molecule has 0 amide bonds. The van der Waals surface area contributed by atoms with Crippen molar-refractivity contribution in [2.45, 2.75) is 0 Å². The Hall–Kier alpha value is -9.65. The van der Waals surface area contributed by atoms with Gasteiger partial charge in [0.25, 0.3) is 0 Å². The van der Waals surface area contributed by atoms with Crippen LogP contribution >= 0.6 is 0 Å². The van der Waals surface area contributed by atoms with Gasteiger partial charge in [-0.1, -0.05) is 176 Å². The summed E-state index contributed by atoms with van der Waals surface area (Å²) in [5.41, 5.74) is 12.6. The summed E-state index contributed by atoms with van der Waals surface area (Å²) in [5, 5.41) is 11.3. The van der Waals surface area contributed by atoms with E-state index in [1.807, 2.05) is 6.07 Å². The minimum Gasteiger partial charge on any atom is -0.454 e. The Morgan fingerprint density at radius 1 is 0.324 bits per heavy atom. The fourth-order valence-corrected chi connectivity index (χ4v) is 11.1. The van der Waals surface area contributed by atoms with Crippen molar-refractivity contribution in [2.75, 3.05) is 0 Å². The summed E-state index contributed by atoms with van der Waals surface area (Å²) in [6, 6.07) is 83.7. The summed E-state index contributed by atoms with van der Waals surface area (Å²) in [6.45, 7) is 0. The largest absolute Gasteiger partial charge is 0.454 e. The van der Waals surface area contributed by atoms with Crippen molar-refractivity contribution in [1.29, 1.82) is 0 Å². The SMILES string of the molecule is c1ccc(-c2ccc(-c3nc(-c4ccc5c(oc6ccc7ccccc7c65)c4-n4c5ccccc5c5cc6ccccc6cc54)nc(-c4cccc5c6ccccc6n(-c6ccccc6)c45)n3)cc2)cc1. The van der Waals surface area contributed by atoms with Gasteiger partial charge in [0.15, 0.2) is 23.1 Å². The lowest BCUT2D eigenvalue weighted by Crippen LogP contribution is -2.05. The fraction of sp³-hybridized carbons (Fsp3) is 0. The summed E-state index contributed by atoms with van der Waals surface area (Å²) in [7, 11) is 0. The van der Waals surface area contributed by atoms with Gasteiger partial charge in [0.2, 0.25) is 0 Å². The monoisotopic (exact) mass is 905 g/mol. The Kier molecular flexibility index (Phi) is 8.56. The Morgan fingerprint density at radius 2 is 0.901 bits per heavy atom. The predicted molar refractivity (Wildman–Crippen MR) is 293 cm³/mol. The molecule has 4 aromatic heterocycles. The molecule has 4 heterocycles. The Balaban J connectivity index is 1.07. The van der Waals surface area contributed by atoms with Crippen LogP contribution in [0, 0.1) is 0 Å². The summed E-state index contributed by atoms with van der Waals surface area (Å²) in [5.74, 6) is 1.67. The number of fused-ring (bicyclic) bond motifs is 12. The molecular formula is C65H39N5O. The van der Waals surface area contributed by atoms with Crippen LogP contribution in [0.2, 0.25) is 0 Å². The second kappa shape index (κ2) is 15.4. The van der Waals surface area contributed by atoms with E-state index in [1.165, 1.54) is 5.39 Å². The van der Waals surface area contributed by atoms with Crippen LogP contribution in [-0.2, 0) is 0 Å². The van der Waals surface area contributed by atoms with Crippen LogP contribution in [0.5, 0.6) is 0 Å². The summed E-state index contributed by atoms with van der Waals surface area (Å²) < 4.78 is 11.9. The van der Waals surface area contributed by atoms with Crippen molar-refractivity contribution < 1.29 is 4.42 Å². The molecule has 330 valence electrons. The molecule has 0 bridgehead atoms. The zero-order valence-corrected chi connectivity index (χ0v) is 38.2. The lowest BCUT2D eigenvalue weighted by atomic mass is 10.0. The Labute approximate surface area is 407 Å². The lowest BCUT2D eigenvalue weighted by Gasteiger charge is -2.16. The molecule has 0 spiro atoms. The van der Waals surface area contributed by atoms with E-state index in [4.69, 9.17) is 19.4 Å². The number of para-hydroxylation sites is 4. The quantitative estimate of drug-likeness (QED) is 0.167. The minimum atomic E-state index is 0.533. The number of hydrogen-bond acceptors (Lipinski definition) is 4. The van der Waals surface area contributed by atoms with Crippen molar-refractivity contribution in [3.63, 3.8) is 0 Å². The van der Waals surface area contributed by atoms with Crippen LogP contribution in [0.3, 0.4) is 0 Å². The summed E-state index contributed by atoms with van der Waals surface area (Å²) in [6.07, 6.45) is 0. The smallest absolute Gasteiger partial charge is 0.166 e. The Bertz CT molecular complexity index is 4620. The number of rotatable bonds is 6. The third-order valence-corrected chi connectivity index (χ3v) is 14.3. The molecule has 0 aliphatic heterocycles.